The van der Waals surface area contributed by atoms with Gasteiger partial charge in [-0.2, -0.15) is 0 Å². The SMILES string of the molecule is CC(C)Nc1cc(NC2CC(C(=O)O)C2)ncn1. The fraction of sp³-hybridized carbons (Fsp3) is 0.583. The molecule has 6 heteroatoms. The Labute approximate surface area is 106 Å². The molecule has 0 saturated heterocycles. The van der Waals surface area contributed by atoms with Crippen LogP contribution in [0, 0.1) is 5.92 Å². The van der Waals surface area contributed by atoms with Gasteiger partial charge in [-0.15, -0.1) is 0 Å². The van der Waals surface area contributed by atoms with E-state index in [1.165, 1.54) is 6.33 Å². The van der Waals surface area contributed by atoms with E-state index in [4.69, 9.17) is 5.11 Å². The highest BCUT2D eigenvalue weighted by atomic mass is 16.4. The van der Waals surface area contributed by atoms with Crippen LogP contribution in [0.2, 0.25) is 0 Å². The van der Waals surface area contributed by atoms with Crippen molar-refractivity contribution in [1.29, 1.82) is 0 Å². The summed E-state index contributed by atoms with van der Waals surface area (Å²) in [6.07, 6.45) is 2.82. The summed E-state index contributed by atoms with van der Waals surface area (Å²) in [6.45, 7) is 4.08. The summed E-state index contributed by atoms with van der Waals surface area (Å²) in [5.74, 6) is 0.592. The minimum atomic E-state index is -0.710. The molecule has 98 valence electrons. The first-order chi connectivity index (χ1) is 8.54. The first kappa shape index (κ1) is 12.6. The quantitative estimate of drug-likeness (QED) is 0.735. The van der Waals surface area contributed by atoms with E-state index in [1.807, 2.05) is 19.9 Å². The highest BCUT2D eigenvalue weighted by Crippen LogP contribution is 2.30. The van der Waals surface area contributed by atoms with E-state index in [1.54, 1.807) is 0 Å². The van der Waals surface area contributed by atoms with Crippen molar-refractivity contribution in [2.45, 2.75) is 38.8 Å². The van der Waals surface area contributed by atoms with Gasteiger partial charge >= 0.3 is 5.97 Å². The van der Waals surface area contributed by atoms with Gasteiger partial charge in [-0.25, -0.2) is 9.97 Å². The highest BCUT2D eigenvalue weighted by Gasteiger charge is 2.34. The molecule has 1 heterocycles. The maximum atomic E-state index is 10.7. The van der Waals surface area contributed by atoms with Crippen LogP contribution in [0.3, 0.4) is 0 Å². The number of anilines is 2. The molecule has 0 aliphatic heterocycles. The van der Waals surface area contributed by atoms with Gasteiger partial charge in [-0.05, 0) is 26.7 Å². The van der Waals surface area contributed by atoms with E-state index in [-0.39, 0.29) is 12.0 Å². The van der Waals surface area contributed by atoms with Gasteiger partial charge in [0, 0.05) is 18.2 Å². The standard InChI is InChI=1S/C12H18N4O2/c1-7(2)15-10-5-11(14-6-13-10)16-9-3-8(4-9)12(17)18/h5-9H,3-4H2,1-2H3,(H,17,18)(H2,13,14,15,16). The zero-order chi connectivity index (χ0) is 13.1. The predicted molar refractivity (Wildman–Crippen MR) is 68.6 cm³/mol. The van der Waals surface area contributed by atoms with E-state index < -0.39 is 5.97 Å². The topological polar surface area (TPSA) is 87.1 Å². The molecule has 0 bridgehead atoms. The molecule has 18 heavy (non-hydrogen) atoms. The third-order valence-electron chi connectivity index (χ3n) is 2.94. The fourth-order valence-corrected chi connectivity index (χ4v) is 1.96. The number of hydrogen-bond acceptors (Lipinski definition) is 5. The van der Waals surface area contributed by atoms with Crippen LogP contribution in [0.25, 0.3) is 0 Å². The van der Waals surface area contributed by atoms with Crippen molar-refractivity contribution in [2.24, 2.45) is 5.92 Å². The van der Waals surface area contributed by atoms with Crippen LogP contribution in [-0.4, -0.2) is 33.1 Å². The lowest BCUT2D eigenvalue weighted by Gasteiger charge is -2.33. The Bertz CT molecular complexity index is 430. The molecule has 1 fully saturated rings. The van der Waals surface area contributed by atoms with Crippen LogP contribution in [0.1, 0.15) is 26.7 Å². The second-order valence-corrected chi connectivity index (χ2v) is 4.94. The number of carboxylic acid groups (broad SMARTS) is 1. The number of hydrogen-bond donors (Lipinski definition) is 3. The highest BCUT2D eigenvalue weighted by molar-refractivity contribution is 5.71. The molecule has 2 rings (SSSR count). The summed E-state index contributed by atoms with van der Waals surface area (Å²) in [7, 11) is 0. The third-order valence-corrected chi connectivity index (χ3v) is 2.94. The summed E-state index contributed by atoms with van der Waals surface area (Å²) in [5, 5.41) is 15.2. The Kier molecular flexibility index (Phi) is 3.64. The minimum Gasteiger partial charge on any atom is -0.481 e. The van der Waals surface area contributed by atoms with Crippen molar-refractivity contribution in [3.05, 3.63) is 12.4 Å². The molecule has 1 aliphatic rings. The molecule has 1 aromatic rings. The molecule has 3 N–H and O–H groups in total. The maximum Gasteiger partial charge on any atom is 0.306 e. The third kappa shape index (κ3) is 3.09. The number of nitrogens with one attached hydrogen (secondary N) is 2. The smallest absolute Gasteiger partial charge is 0.306 e. The number of aliphatic carboxylic acids is 1. The Morgan fingerprint density at radius 1 is 1.39 bits per heavy atom. The Hall–Kier alpha value is -1.85. The first-order valence-electron chi connectivity index (χ1n) is 6.12. The number of aromatic nitrogens is 2. The molecule has 1 aromatic heterocycles. The summed E-state index contributed by atoms with van der Waals surface area (Å²) in [5.41, 5.74) is 0. The minimum absolute atomic E-state index is 0.202. The lowest BCUT2D eigenvalue weighted by molar-refractivity contribution is -0.144. The van der Waals surface area contributed by atoms with Crippen molar-refractivity contribution in [1.82, 2.24) is 9.97 Å². The zero-order valence-corrected chi connectivity index (χ0v) is 10.6. The van der Waals surface area contributed by atoms with Gasteiger partial charge in [0.05, 0.1) is 5.92 Å². The summed E-state index contributed by atoms with van der Waals surface area (Å²) in [4.78, 5) is 18.9. The van der Waals surface area contributed by atoms with Gasteiger partial charge in [-0.1, -0.05) is 0 Å². The van der Waals surface area contributed by atoms with Gasteiger partial charge in [0.2, 0.25) is 0 Å². The molecule has 6 nitrogen and oxygen atoms in total. The van der Waals surface area contributed by atoms with Crippen molar-refractivity contribution in [2.75, 3.05) is 10.6 Å². The molecule has 0 spiro atoms. The van der Waals surface area contributed by atoms with Crippen molar-refractivity contribution < 1.29 is 9.90 Å². The average Bonchev–Trinajstić information content (AvgIpc) is 2.21. The van der Waals surface area contributed by atoms with Gasteiger partial charge in [0.25, 0.3) is 0 Å². The summed E-state index contributed by atoms with van der Waals surface area (Å²) >= 11 is 0. The van der Waals surface area contributed by atoms with Crippen LogP contribution in [-0.2, 0) is 4.79 Å². The molecule has 0 aromatic carbocycles. The van der Waals surface area contributed by atoms with Crippen molar-refractivity contribution >= 4 is 17.6 Å². The molecule has 0 unspecified atom stereocenters. The first-order valence-corrected chi connectivity index (χ1v) is 6.12. The van der Waals surface area contributed by atoms with Crippen LogP contribution in [0.4, 0.5) is 11.6 Å². The molecule has 0 amide bonds. The van der Waals surface area contributed by atoms with Crippen molar-refractivity contribution in [3.8, 4) is 0 Å². The van der Waals surface area contributed by atoms with E-state index in [0.29, 0.717) is 18.9 Å². The van der Waals surface area contributed by atoms with Crippen molar-refractivity contribution in [3.63, 3.8) is 0 Å². The maximum absolute atomic E-state index is 10.7. The van der Waals surface area contributed by atoms with Gasteiger partial charge in [0.1, 0.15) is 18.0 Å². The Morgan fingerprint density at radius 3 is 2.67 bits per heavy atom. The molecule has 1 aliphatic carbocycles. The van der Waals surface area contributed by atoms with Crippen LogP contribution in [0.15, 0.2) is 12.4 Å². The predicted octanol–water partition coefficient (Wildman–Crippen LogP) is 1.57. The second-order valence-electron chi connectivity index (χ2n) is 4.94. The fourth-order valence-electron chi connectivity index (χ4n) is 1.96. The van der Waals surface area contributed by atoms with E-state index >= 15 is 0 Å². The van der Waals surface area contributed by atoms with E-state index in [9.17, 15) is 4.79 Å². The summed E-state index contributed by atoms with van der Waals surface area (Å²) in [6, 6.07) is 2.36. The number of rotatable bonds is 5. The lowest BCUT2D eigenvalue weighted by Crippen LogP contribution is -2.39. The van der Waals surface area contributed by atoms with E-state index in [0.717, 1.165) is 11.6 Å². The van der Waals surface area contributed by atoms with Gasteiger partial charge in [0.15, 0.2) is 0 Å². The summed E-state index contributed by atoms with van der Waals surface area (Å²) < 4.78 is 0. The normalized spacial score (nSPS) is 22.4. The Morgan fingerprint density at radius 2 is 2.06 bits per heavy atom. The molecule has 0 radical (unpaired) electrons. The molecular weight excluding hydrogens is 232 g/mol. The molecule has 0 atom stereocenters. The van der Waals surface area contributed by atoms with Crippen LogP contribution >= 0.6 is 0 Å². The zero-order valence-electron chi connectivity index (χ0n) is 10.6. The van der Waals surface area contributed by atoms with Gasteiger partial charge < -0.3 is 15.7 Å². The second kappa shape index (κ2) is 5.20. The van der Waals surface area contributed by atoms with Crippen LogP contribution in [0.5, 0.6) is 0 Å². The largest absolute Gasteiger partial charge is 0.481 e. The monoisotopic (exact) mass is 250 g/mol. The molecule has 1 saturated carbocycles. The van der Waals surface area contributed by atoms with Gasteiger partial charge in [-0.3, -0.25) is 4.79 Å². The number of carbonyl (C=O) groups is 1. The Balaban J connectivity index is 1.89. The van der Waals surface area contributed by atoms with E-state index in [2.05, 4.69) is 20.6 Å². The number of carboxylic acids is 1. The lowest BCUT2D eigenvalue weighted by atomic mass is 9.80. The average molecular weight is 250 g/mol. The molecular formula is C12H18N4O2. The van der Waals surface area contributed by atoms with Crippen LogP contribution < -0.4 is 10.6 Å². The number of nitrogens with zero attached hydrogens (tertiary/aromatic N) is 2.